The van der Waals surface area contributed by atoms with E-state index >= 15 is 0 Å². The highest BCUT2D eigenvalue weighted by atomic mass is 19.1. The maximum absolute atomic E-state index is 13.2. The van der Waals surface area contributed by atoms with E-state index in [1.54, 1.807) is 0 Å². The fourth-order valence-electron chi connectivity index (χ4n) is 1.89. The Balaban J connectivity index is 2.25. The minimum absolute atomic E-state index is 0.199. The Kier molecular flexibility index (Phi) is 2.68. The molecule has 0 unspecified atom stereocenters. The second-order valence-corrected chi connectivity index (χ2v) is 3.67. The molecule has 2 N–H and O–H groups in total. The van der Waals surface area contributed by atoms with E-state index in [0.29, 0.717) is 5.56 Å². The van der Waals surface area contributed by atoms with Crippen molar-refractivity contribution in [2.24, 2.45) is 5.73 Å². The third-order valence-corrected chi connectivity index (χ3v) is 2.72. The van der Waals surface area contributed by atoms with Gasteiger partial charge >= 0.3 is 0 Å². The van der Waals surface area contributed by atoms with Gasteiger partial charge in [0.1, 0.15) is 5.82 Å². The Morgan fingerprint density at radius 2 is 2.00 bits per heavy atom. The molecule has 2 rings (SSSR count). The van der Waals surface area contributed by atoms with E-state index in [4.69, 9.17) is 5.73 Å². The van der Waals surface area contributed by atoms with Crippen LogP contribution in [0.1, 0.15) is 18.4 Å². The summed E-state index contributed by atoms with van der Waals surface area (Å²) in [6.07, 6.45) is 2.46. The lowest BCUT2D eigenvalue weighted by atomic mass is 10.2. The summed E-state index contributed by atoms with van der Waals surface area (Å²) in [5, 5.41) is 0. The first kappa shape index (κ1) is 9.46. The van der Waals surface area contributed by atoms with Crippen molar-refractivity contribution in [1.82, 2.24) is 0 Å². The monoisotopic (exact) mass is 194 g/mol. The summed E-state index contributed by atoms with van der Waals surface area (Å²) in [6.45, 7) is 2.43. The van der Waals surface area contributed by atoms with Crippen molar-refractivity contribution in [3.8, 4) is 0 Å². The van der Waals surface area contributed by atoms with Crippen LogP contribution in [0, 0.1) is 5.82 Å². The summed E-state index contributed by atoms with van der Waals surface area (Å²) < 4.78 is 13.2. The van der Waals surface area contributed by atoms with Crippen LogP contribution in [0.5, 0.6) is 0 Å². The molecule has 2 nitrogen and oxygen atoms in total. The first-order chi connectivity index (χ1) is 6.81. The largest absolute Gasteiger partial charge is 0.372 e. The van der Waals surface area contributed by atoms with Gasteiger partial charge in [0.15, 0.2) is 0 Å². The maximum Gasteiger partial charge on any atom is 0.127 e. The fourth-order valence-corrected chi connectivity index (χ4v) is 1.89. The third kappa shape index (κ3) is 1.73. The summed E-state index contributed by atoms with van der Waals surface area (Å²) in [4.78, 5) is 2.28. The lowest BCUT2D eigenvalue weighted by Gasteiger charge is -2.18. The standard InChI is InChI=1S/C11H15FN2/c12-11-4-3-10(7-9(11)8-13)14-5-1-2-6-14/h3-4,7H,1-2,5-6,8,13H2. The van der Waals surface area contributed by atoms with Crippen LogP contribution in [0.25, 0.3) is 0 Å². The van der Waals surface area contributed by atoms with Gasteiger partial charge in [0.2, 0.25) is 0 Å². The summed E-state index contributed by atoms with van der Waals surface area (Å²) in [5.74, 6) is -0.199. The molecule has 1 aliphatic rings. The number of hydrogen-bond donors (Lipinski definition) is 1. The Morgan fingerprint density at radius 3 is 2.64 bits per heavy atom. The van der Waals surface area contributed by atoms with E-state index in [0.717, 1.165) is 18.8 Å². The quantitative estimate of drug-likeness (QED) is 0.779. The van der Waals surface area contributed by atoms with Crippen LogP contribution in [-0.4, -0.2) is 13.1 Å². The molecule has 76 valence electrons. The lowest BCUT2D eigenvalue weighted by molar-refractivity contribution is 0.610. The first-order valence-electron chi connectivity index (χ1n) is 5.04. The SMILES string of the molecule is NCc1cc(N2CCCC2)ccc1F. The molecule has 0 atom stereocenters. The van der Waals surface area contributed by atoms with E-state index < -0.39 is 0 Å². The minimum Gasteiger partial charge on any atom is -0.372 e. The van der Waals surface area contributed by atoms with Crippen LogP contribution < -0.4 is 10.6 Å². The number of nitrogens with two attached hydrogens (primary N) is 1. The lowest BCUT2D eigenvalue weighted by Crippen LogP contribution is -2.18. The predicted molar refractivity (Wildman–Crippen MR) is 55.7 cm³/mol. The Morgan fingerprint density at radius 1 is 1.29 bits per heavy atom. The summed E-state index contributed by atoms with van der Waals surface area (Å²) in [7, 11) is 0. The molecule has 0 bridgehead atoms. The van der Waals surface area contributed by atoms with Crippen LogP contribution in [-0.2, 0) is 6.54 Å². The molecule has 0 aromatic heterocycles. The normalized spacial score (nSPS) is 16.3. The highest BCUT2D eigenvalue weighted by molar-refractivity contribution is 5.49. The summed E-state index contributed by atoms with van der Waals surface area (Å²) in [6, 6.07) is 5.20. The van der Waals surface area contributed by atoms with Gasteiger partial charge in [-0.15, -0.1) is 0 Å². The number of nitrogens with zero attached hydrogens (tertiary/aromatic N) is 1. The highest BCUT2D eigenvalue weighted by Gasteiger charge is 2.13. The topological polar surface area (TPSA) is 29.3 Å². The molecule has 0 spiro atoms. The number of rotatable bonds is 2. The van der Waals surface area contributed by atoms with Crippen LogP contribution in [0.3, 0.4) is 0 Å². The van der Waals surface area contributed by atoms with Gasteiger partial charge in [0.25, 0.3) is 0 Å². The van der Waals surface area contributed by atoms with Crippen molar-refractivity contribution >= 4 is 5.69 Å². The Labute approximate surface area is 83.5 Å². The van der Waals surface area contributed by atoms with Crippen LogP contribution >= 0.6 is 0 Å². The van der Waals surface area contributed by atoms with E-state index in [9.17, 15) is 4.39 Å². The second kappa shape index (κ2) is 3.96. The van der Waals surface area contributed by atoms with Gasteiger partial charge in [-0.1, -0.05) is 0 Å². The zero-order valence-electron chi connectivity index (χ0n) is 8.17. The first-order valence-corrected chi connectivity index (χ1v) is 5.04. The van der Waals surface area contributed by atoms with Gasteiger partial charge < -0.3 is 10.6 Å². The number of halogens is 1. The van der Waals surface area contributed by atoms with E-state index in [-0.39, 0.29) is 12.4 Å². The molecule has 3 heteroatoms. The third-order valence-electron chi connectivity index (χ3n) is 2.72. The van der Waals surface area contributed by atoms with Gasteiger partial charge in [0.05, 0.1) is 0 Å². The zero-order chi connectivity index (χ0) is 9.97. The van der Waals surface area contributed by atoms with Crippen molar-refractivity contribution < 1.29 is 4.39 Å². The van der Waals surface area contributed by atoms with Gasteiger partial charge in [0, 0.05) is 30.9 Å². The molecule has 0 aliphatic carbocycles. The second-order valence-electron chi connectivity index (χ2n) is 3.67. The predicted octanol–water partition coefficient (Wildman–Crippen LogP) is 1.88. The molecule has 1 saturated heterocycles. The smallest absolute Gasteiger partial charge is 0.127 e. The molecule has 0 amide bonds. The number of hydrogen-bond acceptors (Lipinski definition) is 2. The molecular weight excluding hydrogens is 179 g/mol. The van der Waals surface area contributed by atoms with Crippen molar-refractivity contribution in [1.29, 1.82) is 0 Å². The molecular formula is C11H15FN2. The minimum atomic E-state index is -0.199. The Bertz CT molecular complexity index is 319. The van der Waals surface area contributed by atoms with Gasteiger partial charge in [-0.2, -0.15) is 0 Å². The molecule has 14 heavy (non-hydrogen) atoms. The average molecular weight is 194 g/mol. The highest BCUT2D eigenvalue weighted by Crippen LogP contribution is 2.22. The molecule has 1 aromatic carbocycles. The molecule has 1 heterocycles. The van der Waals surface area contributed by atoms with Crippen molar-refractivity contribution in [2.45, 2.75) is 19.4 Å². The molecule has 1 fully saturated rings. The summed E-state index contributed by atoms with van der Waals surface area (Å²) in [5.41, 5.74) is 7.17. The van der Waals surface area contributed by atoms with Crippen molar-refractivity contribution in [3.63, 3.8) is 0 Å². The average Bonchev–Trinajstić information content (AvgIpc) is 2.71. The molecule has 1 aliphatic heterocycles. The van der Waals surface area contributed by atoms with Crippen LogP contribution in [0.2, 0.25) is 0 Å². The van der Waals surface area contributed by atoms with Gasteiger partial charge in [-0.25, -0.2) is 4.39 Å². The zero-order valence-corrected chi connectivity index (χ0v) is 8.17. The van der Waals surface area contributed by atoms with Crippen molar-refractivity contribution in [3.05, 3.63) is 29.6 Å². The van der Waals surface area contributed by atoms with E-state index in [2.05, 4.69) is 4.90 Å². The number of anilines is 1. The maximum atomic E-state index is 13.2. The number of benzene rings is 1. The Hall–Kier alpha value is -1.09. The van der Waals surface area contributed by atoms with Gasteiger partial charge in [-0.3, -0.25) is 0 Å². The molecule has 1 aromatic rings. The van der Waals surface area contributed by atoms with Crippen molar-refractivity contribution in [2.75, 3.05) is 18.0 Å². The van der Waals surface area contributed by atoms with E-state index in [1.807, 2.05) is 12.1 Å². The van der Waals surface area contributed by atoms with Crippen LogP contribution in [0.4, 0.5) is 10.1 Å². The molecule has 0 radical (unpaired) electrons. The van der Waals surface area contributed by atoms with E-state index in [1.165, 1.54) is 18.9 Å². The molecule has 0 saturated carbocycles. The summed E-state index contributed by atoms with van der Waals surface area (Å²) >= 11 is 0. The fraction of sp³-hybridized carbons (Fsp3) is 0.455. The van der Waals surface area contributed by atoms with Gasteiger partial charge in [-0.05, 0) is 31.0 Å². The van der Waals surface area contributed by atoms with Crippen LogP contribution in [0.15, 0.2) is 18.2 Å².